The molecule has 168 valence electrons. The summed E-state index contributed by atoms with van der Waals surface area (Å²) in [5.74, 6) is 0.241. The summed E-state index contributed by atoms with van der Waals surface area (Å²) in [7, 11) is 0. The molecule has 0 saturated carbocycles. The molecule has 0 bridgehead atoms. The standard InChI is InChI=1S/C25H33BrN2O3/c1-7-22(24(30)27-25(4,5)6)28(15-19-10-8-9-17(2)13-19)23(29)16-31-20-11-12-21(26)18(3)14-20/h8-14,22H,7,15-16H2,1-6H3,(H,27,30). The summed E-state index contributed by atoms with van der Waals surface area (Å²) in [6.07, 6.45) is 0.511. The van der Waals surface area contributed by atoms with Gasteiger partial charge >= 0.3 is 0 Å². The summed E-state index contributed by atoms with van der Waals surface area (Å²) in [6.45, 7) is 11.9. The Hall–Kier alpha value is -2.34. The lowest BCUT2D eigenvalue weighted by Gasteiger charge is -2.33. The SMILES string of the molecule is CCC(C(=O)NC(C)(C)C)N(Cc1cccc(C)c1)C(=O)COc1ccc(Br)c(C)c1. The fourth-order valence-electron chi connectivity index (χ4n) is 3.31. The highest BCUT2D eigenvalue weighted by molar-refractivity contribution is 9.10. The van der Waals surface area contributed by atoms with Crippen LogP contribution in [0.25, 0.3) is 0 Å². The molecule has 0 heterocycles. The molecule has 1 N–H and O–H groups in total. The van der Waals surface area contributed by atoms with Crippen LogP contribution >= 0.6 is 15.9 Å². The molecular weight excluding hydrogens is 456 g/mol. The first-order chi connectivity index (χ1) is 14.5. The van der Waals surface area contributed by atoms with Crippen LogP contribution in [0.1, 0.15) is 50.8 Å². The van der Waals surface area contributed by atoms with Crippen molar-refractivity contribution in [3.05, 3.63) is 63.6 Å². The maximum atomic E-state index is 13.2. The maximum absolute atomic E-state index is 13.2. The molecule has 0 aliphatic carbocycles. The van der Waals surface area contributed by atoms with Gasteiger partial charge in [0.1, 0.15) is 11.8 Å². The molecule has 2 aromatic rings. The largest absolute Gasteiger partial charge is 0.484 e. The van der Waals surface area contributed by atoms with Gasteiger partial charge in [-0.3, -0.25) is 9.59 Å². The number of hydrogen-bond acceptors (Lipinski definition) is 3. The Morgan fingerprint density at radius 1 is 1.13 bits per heavy atom. The van der Waals surface area contributed by atoms with Crippen molar-refractivity contribution in [3.8, 4) is 5.75 Å². The molecule has 6 heteroatoms. The number of nitrogens with zero attached hydrogens (tertiary/aromatic N) is 1. The van der Waals surface area contributed by atoms with Crippen LogP contribution in [-0.4, -0.2) is 34.9 Å². The Labute approximate surface area is 194 Å². The van der Waals surface area contributed by atoms with E-state index >= 15 is 0 Å². The van der Waals surface area contributed by atoms with Gasteiger partial charge in [0.2, 0.25) is 5.91 Å². The van der Waals surface area contributed by atoms with Gasteiger partial charge in [0, 0.05) is 16.6 Å². The Balaban J connectivity index is 2.24. The van der Waals surface area contributed by atoms with E-state index in [1.165, 1.54) is 0 Å². The van der Waals surface area contributed by atoms with Crippen molar-refractivity contribution in [2.45, 2.75) is 66.1 Å². The molecule has 0 aliphatic rings. The number of hydrogen-bond donors (Lipinski definition) is 1. The van der Waals surface area contributed by atoms with Crippen molar-refractivity contribution < 1.29 is 14.3 Å². The predicted octanol–water partition coefficient (Wildman–Crippen LogP) is 5.17. The fraction of sp³-hybridized carbons (Fsp3) is 0.440. The van der Waals surface area contributed by atoms with Crippen LogP contribution in [0.4, 0.5) is 0 Å². The van der Waals surface area contributed by atoms with Gasteiger partial charge in [0.25, 0.3) is 5.91 Å². The van der Waals surface area contributed by atoms with Crippen molar-refractivity contribution in [1.29, 1.82) is 0 Å². The topological polar surface area (TPSA) is 58.6 Å². The maximum Gasteiger partial charge on any atom is 0.261 e. The van der Waals surface area contributed by atoms with Gasteiger partial charge in [0.05, 0.1) is 0 Å². The third-order valence-electron chi connectivity index (χ3n) is 4.81. The Morgan fingerprint density at radius 3 is 2.42 bits per heavy atom. The lowest BCUT2D eigenvalue weighted by Crippen LogP contribution is -2.54. The Kier molecular flexibility index (Phi) is 8.69. The highest BCUT2D eigenvalue weighted by Gasteiger charge is 2.30. The van der Waals surface area contributed by atoms with E-state index < -0.39 is 6.04 Å². The number of aryl methyl sites for hydroxylation is 2. The Morgan fingerprint density at radius 2 is 1.84 bits per heavy atom. The van der Waals surface area contributed by atoms with Crippen molar-refractivity contribution in [2.75, 3.05) is 6.61 Å². The summed E-state index contributed by atoms with van der Waals surface area (Å²) >= 11 is 3.47. The molecule has 2 rings (SSSR count). The van der Waals surface area contributed by atoms with Crippen molar-refractivity contribution in [3.63, 3.8) is 0 Å². The Bertz CT molecular complexity index is 921. The van der Waals surface area contributed by atoms with E-state index in [1.807, 2.05) is 84.0 Å². The number of amides is 2. The van der Waals surface area contributed by atoms with Gasteiger partial charge in [-0.25, -0.2) is 0 Å². The van der Waals surface area contributed by atoms with Crippen LogP contribution in [-0.2, 0) is 16.1 Å². The second-order valence-electron chi connectivity index (χ2n) is 8.87. The third kappa shape index (κ3) is 7.69. The summed E-state index contributed by atoms with van der Waals surface area (Å²) in [5.41, 5.74) is 2.74. The predicted molar refractivity (Wildman–Crippen MR) is 128 cm³/mol. The lowest BCUT2D eigenvalue weighted by atomic mass is 10.1. The number of benzene rings is 2. The highest BCUT2D eigenvalue weighted by Crippen LogP contribution is 2.22. The molecular formula is C25H33BrN2O3. The minimum Gasteiger partial charge on any atom is -0.484 e. The van der Waals surface area contributed by atoms with Crippen LogP contribution in [0.3, 0.4) is 0 Å². The van der Waals surface area contributed by atoms with Gasteiger partial charge in [0.15, 0.2) is 6.61 Å². The normalized spacial score (nSPS) is 12.2. The first kappa shape index (κ1) is 24.9. The first-order valence-electron chi connectivity index (χ1n) is 10.6. The number of nitrogens with one attached hydrogen (secondary N) is 1. The number of halogens is 1. The summed E-state index contributed by atoms with van der Waals surface area (Å²) in [5, 5.41) is 3.01. The van der Waals surface area contributed by atoms with Crippen LogP contribution in [0.2, 0.25) is 0 Å². The van der Waals surface area contributed by atoms with Crippen molar-refractivity contribution in [2.24, 2.45) is 0 Å². The van der Waals surface area contributed by atoms with E-state index in [0.717, 1.165) is 21.2 Å². The monoisotopic (exact) mass is 488 g/mol. The highest BCUT2D eigenvalue weighted by atomic mass is 79.9. The molecule has 2 amide bonds. The van der Waals surface area contributed by atoms with Gasteiger partial charge in [-0.2, -0.15) is 0 Å². The summed E-state index contributed by atoms with van der Waals surface area (Å²) < 4.78 is 6.76. The third-order valence-corrected chi connectivity index (χ3v) is 5.70. The number of carbonyl (C=O) groups excluding carboxylic acids is 2. The molecule has 0 saturated heterocycles. The average molecular weight is 489 g/mol. The summed E-state index contributed by atoms with van der Waals surface area (Å²) in [6, 6.07) is 13.0. The van der Waals surface area contributed by atoms with Gasteiger partial charge in [-0.1, -0.05) is 52.7 Å². The molecule has 0 aliphatic heterocycles. The number of ether oxygens (including phenoxy) is 1. The fourth-order valence-corrected chi connectivity index (χ4v) is 3.56. The van der Waals surface area contributed by atoms with E-state index in [9.17, 15) is 9.59 Å². The van der Waals surface area contributed by atoms with Crippen LogP contribution in [0, 0.1) is 13.8 Å². The van der Waals surface area contributed by atoms with Crippen LogP contribution < -0.4 is 10.1 Å². The molecule has 0 aromatic heterocycles. The molecule has 2 aromatic carbocycles. The van der Waals surface area contributed by atoms with E-state index in [1.54, 1.807) is 4.90 Å². The van der Waals surface area contributed by atoms with E-state index in [4.69, 9.17) is 4.74 Å². The van der Waals surface area contributed by atoms with Crippen molar-refractivity contribution in [1.82, 2.24) is 10.2 Å². The van der Waals surface area contributed by atoms with E-state index in [0.29, 0.717) is 18.7 Å². The molecule has 0 radical (unpaired) electrons. The minimum absolute atomic E-state index is 0.133. The molecule has 31 heavy (non-hydrogen) atoms. The number of rotatable bonds is 8. The van der Waals surface area contributed by atoms with Gasteiger partial charge < -0.3 is 15.0 Å². The second kappa shape index (κ2) is 10.8. The quantitative estimate of drug-likeness (QED) is 0.557. The van der Waals surface area contributed by atoms with Gasteiger partial charge in [-0.05, 0) is 70.4 Å². The summed E-state index contributed by atoms with van der Waals surface area (Å²) in [4.78, 5) is 27.9. The van der Waals surface area contributed by atoms with E-state index in [2.05, 4.69) is 21.2 Å². The molecule has 1 unspecified atom stereocenters. The van der Waals surface area contributed by atoms with E-state index in [-0.39, 0.29) is 24.0 Å². The minimum atomic E-state index is -0.581. The first-order valence-corrected chi connectivity index (χ1v) is 11.4. The zero-order valence-electron chi connectivity index (χ0n) is 19.3. The molecule has 0 fully saturated rings. The smallest absolute Gasteiger partial charge is 0.261 e. The zero-order valence-corrected chi connectivity index (χ0v) is 20.9. The van der Waals surface area contributed by atoms with Crippen LogP contribution in [0.5, 0.6) is 5.75 Å². The van der Waals surface area contributed by atoms with Gasteiger partial charge in [-0.15, -0.1) is 0 Å². The molecule has 0 spiro atoms. The molecule has 1 atom stereocenters. The molecule has 5 nitrogen and oxygen atoms in total. The average Bonchev–Trinajstić information content (AvgIpc) is 2.67. The zero-order chi connectivity index (χ0) is 23.2. The lowest BCUT2D eigenvalue weighted by molar-refractivity contribution is -0.143. The van der Waals surface area contributed by atoms with Crippen LogP contribution in [0.15, 0.2) is 46.9 Å². The van der Waals surface area contributed by atoms with Crippen molar-refractivity contribution >= 4 is 27.7 Å². The second-order valence-corrected chi connectivity index (χ2v) is 9.73. The number of carbonyl (C=O) groups is 2.